The second-order valence-corrected chi connectivity index (χ2v) is 4.20. The van der Waals surface area contributed by atoms with E-state index >= 15 is 0 Å². The van der Waals surface area contributed by atoms with Gasteiger partial charge in [0.1, 0.15) is 5.71 Å². The van der Waals surface area contributed by atoms with Crippen LogP contribution in [0.25, 0.3) is 11.6 Å². The Morgan fingerprint density at radius 2 is 1.89 bits per heavy atom. The van der Waals surface area contributed by atoms with Gasteiger partial charge in [-0.25, -0.2) is 0 Å². The molecular formula is C11H6ClN3O3. The first-order valence-electron chi connectivity index (χ1n) is 5.01. The quantitative estimate of drug-likeness (QED) is 0.315. The van der Waals surface area contributed by atoms with Crippen molar-refractivity contribution < 1.29 is 5.21 Å². The average molecular weight is 264 g/mol. The first-order valence-corrected chi connectivity index (χ1v) is 5.39. The highest BCUT2D eigenvalue weighted by atomic mass is 35.5. The topological polar surface area (TPSA) is 98.3 Å². The summed E-state index contributed by atoms with van der Waals surface area (Å²) in [4.78, 5) is 27.5. The molecule has 7 heteroatoms. The fourth-order valence-corrected chi connectivity index (χ4v) is 2.21. The highest BCUT2D eigenvalue weighted by Gasteiger charge is 2.22. The van der Waals surface area contributed by atoms with E-state index in [1.165, 1.54) is 6.08 Å². The molecule has 0 amide bonds. The van der Waals surface area contributed by atoms with Gasteiger partial charge in [0.05, 0.1) is 10.7 Å². The van der Waals surface area contributed by atoms with Crippen LogP contribution in [-0.2, 0) is 0 Å². The van der Waals surface area contributed by atoms with Gasteiger partial charge in [-0.3, -0.25) is 9.59 Å². The Hall–Kier alpha value is -2.34. The number of hydrogen-bond acceptors (Lipinski definition) is 4. The second kappa shape index (κ2) is 3.58. The number of H-pyrrole nitrogens is 2. The number of nitrogens with one attached hydrogen (secondary N) is 2. The van der Waals surface area contributed by atoms with Gasteiger partial charge in [0, 0.05) is 16.2 Å². The summed E-state index contributed by atoms with van der Waals surface area (Å²) >= 11 is 6.03. The van der Waals surface area contributed by atoms with E-state index in [9.17, 15) is 9.59 Å². The third-order valence-corrected chi connectivity index (χ3v) is 3.11. The number of nitrogens with zero attached hydrogens (tertiary/aromatic N) is 1. The van der Waals surface area contributed by atoms with Crippen molar-refractivity contribution in [2.45, 2.75) is 0 Å². The second-order valence-electron chi connectivity index (χ2n) is 3.80. The monoisotopic (exact) mass is 263 g/mol. The molecule has 0 spiro atoms. The maximum absolute atomic E-state index is 11.3. The zero-order valence-electron chi connectivity index (χ0n) is 8.82. The zero-order valence-corrected chi connectivity index (χ0v) is 9.58. The molecule has 3 rings (SSSR count). The molecule has 0 saturated heterocycles. The Morgan fingerprint density at radius 1 is 1.17 bits per heavy atom. The fourth-order valence-electron chi connectivity index (χ4n) is 2.00. The Bertz CT molecular complexity index is 883. The first-order chi connectivity index (χ1) is 8.61. The van der Waals surface area contributed by atoms with Crippen LogP contribution in [0.2, 0.25) is 0 Å². The Kier molecular flexibility index (Phi) is 2.14. The third-order valence-electron chi connectivity index (χ3n) is 2.78. The average Bonchev–Trinajstić information content (AvgIpc) is 2.70. The summed E-state index contributed by atoms with van der Waals surface area (Å²) in [5.74, 6) is 0. The van der Waals surface area contributed by atoms with E-state index in [2.05, 4.69) is 15.1 Å². The molecule has 2 aliphatic carbocycles. The van der Waals surface area contributed by atoms with Crippen molar-refractivity contribution >= 4 is 29.0 Å². The van der Waals surface area contributed by atoms with Crippen LogP contribution >= 0.6 is 11.6 Å². The van der Waals surface area contributed by atoms with Gasteiger partial charge in [0.2, 0.25) is 0 Å². The van der Waals surface area contributed by atoms with Gasteiger partial charge < -0.3 is 15.2 Å². The van der Waals surface area contributed by atoms with Crippen LogP contribution < -0.4 is 21.8 Å². The molecule has 0 aliphatic heterocycles. The molecule has 0 saturated carbocycles. The molecular weight excluding hydrogens is 258 g/mol. The maximum atomic E-state index is 11.3. The minimum absolute atomic E-state index is 0.270. The Morgan fingerprint density at radius 3 is 2.61 bits per heavy atom. The maximum Gasteiger partial charge on any atom is 0.314 e. The van der Waals surface area contributed by atoms with E-state index in [0.29, 0.717) is 26.9 Å². The van der Waals surface area contributed by atoms with Crippen LogP contribution in [-0.4, -0.2) is 20.9 Å². The predicted molar refractivity (Wildman–Crippen MR) is 66.0 cm³/mol. The van der Waals surface area contributed by atoms with Crippen molar-refractivity contribution in [2.24, 2.45) is 5.16 Å². The van der Waals surface area contributed by atoms with Gasteiger partial charge in [-0.1, -0.05) is 16.8 Å². The van der Waals surface area contributed by atoms with Crippen LogP contribution in [0.1, 0.15) is 0 Å². The summed E-state index contributed by atoms with van der Waals surface area (Å²) in [6, 6.07) is 0. The van der Waals surface area contributed by atoms with Gasteiger partial charge in [-0.05, 0) is 18.2 Å². The van der Waals surface area contributed by atoms with Crippen LogP contribution in [0.5, 0.6) is 0 Å². The number of rotatable bonds is 0. The lowest BCUT2D eigenvalue weighted by Crippen LogP contribution is -2.46. The van der Waals surface area contributed by atoms with E-state index in [4.69, 9.17) is 16.8 Å². The molecule has 6 nitrogen and oxygen atoms in total. The largest absolute Gasteiger partial charge is 0.410 e. The third kappa shape index (κ3) is 1.32. The smallest absolute Gasteiger partial charge is 0.314 e. The summed E-state index contributed by atoms with van der Waals surface area (Å²) < 4.78 is 0. The number of oxime groups is 1. The molecule has 90 valence electrons. The highest BCUT2D eigenvalue weighted by molar-refractivity contribution is 6.40. The standard InChI is InChI=1S/C11H6ClN3O3/c12-5-1-2-6(15-18)8-4(5)3-7-9(8)14-11(17)10(16)13-7/h1-3,18H,(H,13,16)(H,14,17). The van der Waals surface area contributed by atoms with Crippen LogP contribution in [0.4, 0.5) is 0 Å². The van der Waals surface area contributed by atoms with E-state index in [0.717, 1.165) is 0 Å². The Balaban J connectivity index is 2.57. The van der Waals surface area contributed by atoms with E-state index in [-0.39, 0.29) is 5.71 Å². The molecule has 1 aromatic heterocycles. The number of hydrogen-bond donors (Lipinski definition) is 3. The van der Waals surface area contributed by atoms with Crippen LogP contribution in [0.3, 0.4) is 0 Å². The lowest BCUT2D eigenvalue weighted by molar-refractivity contribution is 0.320. The lowest BCUT2D eigenvalue weighted by Gasteiger charge is -2.09. The van der Waals surface area contributed by atoms with Crippen molar-refractivity contribution in [3.05, 3.63) is 54.2 Å². The van der Waals surface area contributed by atoms with Crippen LogP contribution in [0.15, 0.2) is 37.5 Å². The number of aromatic nitrogens is 2. The minimum atomic E-state index is -0.765. The van der Waals surface area contributed by atoms with Crippen molar-refractivity contribution in [1.82, 2.24) is 9.97 Å². The van der Waals surface area contributed by atoms with Crippen molar-refractivity contribution in [2.75, 3.05) is 0 Å². The fraction of sp³-hybridized carbons (Fsp3) is 0. The highest BCUT2D eigenvalue weighted by Crippen LogP contribution is 2.27. The minimum Gasteiger partial charge on any atom is -0.410 e. The molecule has 0 radical (unpaired) electrons. The van der Waals surface area contributed by atoms with E-state index in [1.54, 1.807) is 12.2 Å². The molecule has 0 bridgehead atoms. The number of allylic oxidation sites excluding steroid dienone is 4. The molecule has 2 aliphatic rings. The van der Waals surface area contributed by atoms with Crippen LogP contribution in [0, 0.1) is 0 Å². The molecule has 1 aromatic rings. The van der Waals surface area contributed by atoms with Crippen molar-refractivity contribution in [3.63, 3.8) is 0 Å². The molecule has 0 fully saturated rings. The molecule has 1 heterocycles. The first kappa shape index (κ1) is 10.8. The van der Waals surface area contributed by atoms with Gasteiger partial charge in [0.15, 0.2) is 0 Å². The molecule has 3 N–H and O–H groups in total. The van der Waals surface area contributed by atoms with Crippen molar-refractivity contribution in [1.29, 1.82) is 0 Å². The number of halogens is 1. The normalized spacial score (nSPS) is 18.9. The summed E-state index contributed by atoms with van der Waals surface area (Å²) in [7, 11) is 0. The van der Waals surface area contributed by atoms with Gasteiger partial charge >= 0.3 is 11.1 Å². The number of aromatic amines is 2. The van der Waals surface area contributed by atoms with E-state index in [1.807, 2.05) is 0 Å². The molecule has 0 atom stereocenters. The Labute approximate surface area is 104 Å². The summed E-state index contributed by atoms with van der Waals surface area (Å²) in [5, 5.41) is 13.4. The SMILES string of the molecule is O=c1[nH]c2c([nH]c1=O)=C1C(=NO)C=CC(Cl)=C1C=2. The predicted octanol–water partition coefficient (Wildman–Crippen LogP) is -1.10. The summed E-state index contributed by atoms with van der Waals surface area (Å²) in [6.45, 7) is 0. The lowest BCUT2D eigenvalue weighted by atomic mass is 9.99. The zero-order chi connectivity index (χ0) is 12.9. The summed E-state index contributed by atoms with van der Waals surface area (Å²) in [5.41, 5.74) is -0.143. The molecule has 18 heavy (non-hydrogen) atoms. The van der Waals surface area contributed by atoms with Gasteiger partial charge in [0.25, 0.3) is 0 Å². The van der Waals surface area contributed by atoms with Crippen molar-refractivity contribution in [3.8, 4) is 0 Å². The van der Waals surface area contributed by atoms with Gasteiger partial charge in [-0.2, -0.15) is 0 Å². The van der Waals surface area contributed by atoms with E-state index < -0.39 is 11.1 Å². The molecule has 0 aromatic carbocycles. The molecule has 0 unspecified atom stereocenters. The number of fused-ring (bicyclic) bond motifs is 2. The summed E-state index contributed by atoms with van der Waals surface area (Å²) in [6.07, 6.45) is 4.72. The van der Waals surface area contributed by atoms with Gasteiger partial charge in [-0.15, -0.1) is 0 Å².